The number of nitrogens with zero attached hydrogens (tertiary/aromatic N) is 1. The van der Waals surface area contributed by atoms with Crippen LogP contribution in [0.4, 0.5) is 0 Å². The van der Waals surface area contributed by atoms with E-state index in [1.54, 1.807) is 6.20 Å². The summed E-state index contributed by atoms with van der Waals surface area (Å²) in [6.45, 7) is 6.09. The summed E-state index contributed by atoms with van der Waals surface area (Å²) in [4.78, 5) is 0. The Labute approximate surface area is 127 Å². The van der Waals surface area contributed by atoms with Gasteiger partial charge in [0.1, 0.15) is 0 Å². The predicted molar refractivity (Wildman–Crippen MR) is 82.3 cm³/mol. The summed E-state index contributed by atoms with van der Waals surface area (Å²) in [7, 11) is -3.52. The number of hydrogen-bond donors (Lipinski definition) is 3. The second-order valence-corrected chi connectivity index (χ2v) is 7.95. The minimum absolute atomic E-state index is 0.0910. The van der Waals surface area contributed by atoms with Gasteiger partial charge >= 0.3 is 0 Å². The summed E-state index contributed by atoms with van der Waals surface area (Å²) in [5, 5.41) is 9.89. The summed E-state index contributed by atoms with van der Waals surface area (Å²) in [6, 6.07) is 0. The van der Waals surface area contributed by atoms with E-state index in [4.69, 9.17) is 0 Å². The normalized spacial score (nSPS) is 18.2. The van der Waals surface area contributed by atoms with Crippen LogP contribution in [0.15, 0.2) is 11.2 Å². The Bertz CT molecular complexity index is 547. The average Bonchev–Trinajstić information content (AvgIpc) is 3.07. The molecule has 0 atom stereocenters. The van der Waals surface area contributed by atoms with E-state index in [0.29, 0.717) is 18.7 Å². The Kier molecular flexibility index (Phi) is 5.40. The fourth-order valence-electron chi connectivity index (χ4n) is 2.80. The Morgan fingerprint density at radius 3 is 2.76 bits per heavy atom. The second-order valence-electron chi connectivity index (χ2n) is 6.24. The fourth-order valence-corrected chi connectivity index (χ4v) is 4.13. The van der Waals surface area contributed by atoms with Gasteiger partial charge in [-0.25, -0.2) is 13.1 Å². The first-order chi connectivity index (χ1) is 9.97. The number of aromatic amines is 1. The highest BCUT2D eigenvalue weighted by Gasteiger charge is 2.31. The van der Waals surface area contributed by atoms with Gasteiger partial charge in [0.2, 0.25) is 0 Å². The van der Waals surface area contributed by atoms with Crippen molar-refractivity contribution < 1.29 is 8.42 Å². The second kappa shape index (κ2) is 6.89. The standard InChI is InChI=1S/C14H26N4O2S/c1-3-8-15-9-12-10-16-18-13(12)21(19,20)17-11-14(2)6-4-5-7-14/h10,15,17H,3-9,11H2,1-2H3,(H,16,18). The Balaban J connectivity index is 2.00. The lowest BCUT2D eigenvalue weighted by Crippen LogP contribution is -2.35. The molecule has 3 N–H and O–H groups in total. The van der Waals surface area contributed by atoms with Crippen LogP contribution in [0.5, 0.6) is 0 Å². The van der Waals surface area contributed by atoms with Gasteiger partial charge in [-0.3, -0.25) is 5.10 Å². The number of rotatable bonds is 8. The van der Waals surface area contributed by atoms with Gasteiger partial charge < -0.3 is 5.32 Å². The van der Waals surface area contributed by atoms with E-state index in [2.05, 4.69) is 34.1 Å². The highest BCUT2D eigenvalue weighted by molar-refractivity contribution is 7.89. The highest BCUT2D eigenvalue weighted by Crippen LogP contribution is 2.36. The van der Waals surface area contributed by atoms with Crippen molar-refractivity contribution in [3.05, 3.63) is 11.8 Å². The van der Waals surface area contributed by atoms with Gasteiger partial charge in [-0.1, -0.05) is 26.7 Å². The average molecular weight is 314 g/mol. The minimum Gasteiger partial charge on any atom is -0.313 e. The fraction of sp³-hybridized carbons (Fsp3) is 0.786. The lowest BCUT2D eigenvalue weighted by molar-refractivity contribution is 0.336. The summed E-state index contributed by atoms with van der Waals surface area (Å²) < 4.78 is 27.6. The van der Waals surface area contributed by atoms with Crippen molar-refractivity contribution in [3.63, 3.8) is 0 Å². The lowest BCUT2D eigenvalue weighted by atomic mass is 9.89. The number of aromatic nitrogens is 2. The van der Waals surface area contributed by atoms with E-state index in [1.807, 2.05) is 0 Å². The van der Waals surface area contributed by atoms with Gasteiger partial charge in [0.05, 0.1) is 6.20 Å². The van der Waals surface area contributed by atoms with Crippen molar-refractivity contribution in [2.24, 2.45) is 5.41 Å². The van der Waals surface area contributed by atoms with Crippen LogP contribution in [0, 0.1) is 5.41 Å². The monoisotopic (exact) mass is 314 g/mol. The van der Waals surface area contributed by atoms with Crippen molar-refractivity contribution in [1.29, 1.82) is 0 Å². The molecule has 0 spiro atoms. The molecule has 0 amide bonds. The van der Waals surface area contributed by atoms with E-state index >= 15 is 0 Å². The van der Waals surface area contributed by atoms with E-state index in [1.165, 1.54) is 12.8 Å². The zero-order valence-electron chi connectivity index (χ0n) is 12.9. The highest BCUT2D eigenvalue weighted by atomic mass is 32.2. The van der Waals surface area contributed by atoms with Gasteiger partial charge in [-0.05, 0) is 31.2 Å². The van der Waals surface area contributed by atoms with Crippen molar-refractivity contribution in [2.45, 2.75) is 57.5 Å². The van der Waals surface area contributed by atoms with E-state index < -0.39 is 10.0 Å². The molecule has 6 nitrogen and oxygen atoms in total. The van der Waals surface area contributed by atoms with Crippen LogP contribution in [-0.4, -0.2) is 31.7 Å². The van der Waals surface area contributed by atoms with Gasteiger partial charge in [0.25, 0.3) is 10.0 Å². The summed E-state index contributed by atoms with van der Waals surface area (Å²) in [5.74, 6) is 0. The quantitative estimate of drug-likeness (QED) is 0.638. The Hall–Kier alpha value is -0.920. The van der Waals surface area contributed by atoms with Crippen molar-refractivity contribution in [3.8, 4) is 0 Å². The minimum atomic E-state index is -3.52. The van der Waals surface area contributed by atoms with Crippen molar-refractivity contribution in [1.82, 2.24) is 20.2 Å². The summed E-state index contributed by atoms with van der Waals surface area (Å²) in [6.07, 6.45) is 7.14. The largest absolute Gasteiger partial charge is 0.313 e. The zero-order valence-corrected chi connectivity index (χ0v) is 13.7. The van der Waals surface area contributed by atoms with Gasteiger partial charge in [0.15, 0.2) is 5.03 Å². The van der Waals surface area contributed by atoms with E-state index in [0.717, 1.165) is 25.8 Å². The predicted octanol–water partition coefficient (Wildman–Crippen LogP) is 1.77. The molecule has 1 heterocycles. The van der Waals surface area contributed by atoms with Gasteiger partial charge in [-0.2, -0.15) is 5.10 Å². The topological polar surface area (TPSA) is 86.9 Å². The molecule has 1 aromatic heterocycles. The first-order valence-electron chi connectivity index (χ1n) is 7.69. The lowest BCUT2D eigenvalue weighted by Gasteiger charge is -2.23. The molecule has 0 bridgehead atoms. The van der Waals surface area contributed by atoms with Crippen LogP contribution >= 0.6 is 0 Å². The van der Waals surface area contributed by atoms with E-state index in [9.17, 15) is 8.42 Å². The first-order valence-corrected chi connectivity index (χ1v) is 9.18. The number of sulfonamides is 1. The summed E-state index contributed by atoms with van der Waals surface area (Å²) >= 11 is 0. The van der Waals surface area contributed by atoms with Crippen LogP contribution in [0.3, 0.4) is 0 Å². The molecule has 0 aromatic carbocycles. The molecule has 21 heavy (non-hydrogen) atoms. The van der Waals surface area contributed by atoms with Crippen LogP contribution < -0.4 is 10.0 Å². The first kappa shape index (κ1) is 16.5. The maximum absolute atomic E-state index is 12.4. The van der Waals surface area contributed by atoms with E-state index in [-0.39, 0.29) is 10.4 Å². The van der Waals surface area contributed by atoms with Crippen LogP contribution in [-0.2, 0) is 16.6 Å². The molecule has 1 aliphatic carbocycles. The molecule has 1 aromatic rings. The van der Waals surface area contributed by atoms with Crippen LogP contribution in [0.2, 0.25) is 0 Å². The molecular formula is C14H26N4O2S. The van der Waals surface area contributed by atoms with Crippen molar-refractivity contribution >= 4 is 10.0 Å². The third-order valence-corrected chi connectivity index (χ3v) is 5.60. The van der Waals surface area contributed by atoms with Crippen LogP contribution in [0.25, 0.3) is 0 Å². The molecule has 0 unspecified atom stereocenters. The molecule has 1 aliphatic rings. The Morgan fingerprint density at radius 2 is 2.10 bits per heavy atom. The van der Waals surface area contributed by atoms with Crippen LogP contribution in [0.1, 0.15) is 51.5 Å². The molecule has 7 heteroatoms. The SMILES string of the molecule is CCCNCc1cn[nH]c1S(=O)(=O)NCC1(C)CCCC1. The molecule has 0 saturated heterocycles. The maximum atomic E-state index is 12.4. The third-order valence-electron chi connectivity index (χ3n) is 4.19. The van der Waals surface area contributed by atoms with Gasteiger partial charge in [0, 0.05) is 18.7 Å². The molecule has 1 fully saturated rings. The smallest absolute Gasteiger partial charge is 0.257 e. The third kappa shape index (κ3) is 4.28. The molecular weight excluding hydrogens is 288 g/mol. The molecule has 2 rings (SSSR count). The van der Waals surface area contributed by atoms with Crippen molar-refractivity contribution in [2.75, 3.05) is 13.1 Å². The van der Waals surface area contributed by atoms with Gasteiger partial charge in [-0.15, -0.1) is 0 Å². The number of hydrogen-bond acceptors (Lipinski definition) is 4. The number of H-pyrrole nitrogens is 1. The number of nitrogens with one attached hydrogen (secondary N) is 3. The Morgan fingerprint density at radius 1 is 1.38 bits per heavy atom. The summed E-state index contributed by atoms with van der Waals surface area (Å²) in [5.41, 5.74) is 0.779. The molecule has 1 saturated carbocycles. The molecule has 120 valence electrons. The molecule has 0 aliphatic heterocycles. The maximum Gasteiger partial charge on any atom is 0.257 e. The molecule has 0 radical (unpaired) electrons. The zero-order chi connectivity index (χ0) is 15.3.